The number of aromatic nitrogens is 2. The van der Waals surface area contributed by atoms with Crippen LogP contribution in [0.1, 0.15) is 37.1 Å². The molecule has 1 heterocycles. The second-order valence-corrected chi connectivity index (χ2v) is 5.30. The Kier molecular flexibility index (Phi) is 5.62. The number of hydrogen-bond acceptors (Lipinski definition) is 2. The third kappa shape index (κ3) is 3.62. The Hall–Kier alpha value is -1.32. The highest BCUT2D eigenvalue weighted by atomic mass is 35.5. The van der Waals surface area contributed by atoms with Crippen molar-refractivity contribution in [1.82, 2.24) is 15.1 Å². The van der Waals surface area contributed by atoms with E-state index in [1.807, 2.05) is 24.4 Å². The lowest BCUT2D eigenvalue weighted by Gasteiger charge is -2.09. The van der Waals surface area contributed by atoms with Gasteiger partial charge in [0.2, 0.25) is 0 Å². The van der Waals surface area contributed by atoms with Crippen molar-refractivity contribution >= 4 is 11.6 Å². The number of hydrogen-bond donors (Lipinski definition) is 1. The Balaban J connectivity index is 2.14. The lowest BCUT2D eigenvalue weighted by molar-refractivity contribution is 0.637. The van der Waals surface area contributed by atoms with E-state index in [2.05, 4.69) is 35.0 Å². The topological polar surface area (TPSA) is 29.9 Å². The van der Waals surface area contributed by atoms with E-state index in [1.165, 1.54) is 11.3 Å². The summed E-state index contributed by atoms with van der Waals surface area (Å²) in [6, 6.07) is 7.95. The van der Waals surface area contributed by atoms with Crippen LogP contribution < -0.4 is 5.32 Å². The van der Waals surface area contributed by atoms with E-state index >= 15 is 0 Å². The number of rotatable bonds is 7. The van der Waals surface area contributed by atoms with Gasteiger partial charge in [0, 0.05) is 22.8 Å². The van der Waals surface area contributed by atoms with E-state index in [9.17, 15) is 0 Å². The van der Waals surface area contributed by atoms with E-state index in [-0.39, 0.29) is 0 Å². The zero-order chi connectivity index (χ0) is 14.4. The molecule has 0 aliphatic rings. The van der Waals surface area contributed by atoms with Crippen molar-refractivity contribution in [2.75, 3.05) is 6.54 Å². The summed E-state index contributed by atoms with van der Waals surface area (Å²) in [4.78, 5) is 0. The van der Waals surface area contributed by atoms with E-state index in [0.29, 0.717) is 0 Å². The van der Waals surface area contributed by atoms with Gasteiger partial charge in [0.15, 0.2) is 0 Å². The van der Waals surface area contributed by atoms with Crippen LogP contribution in [0.5, 0.6) is 0 Å². The Labute approximate surface area is 126 Å². The Morgan fingerprint density at radius 2 is 2.00 bits per heavy atom. The van der Waals surface area contributed by atoms with Gasteiger partial charge in [-0.15, -0.1) is 0 Å². The maximum atomic E-state index is 6.23. The first-order valence-corrected chi connectivity index (χ1v) is 7.61. The molecule has 3 nitrogen and oxygen atoms in total. The van der Waals surface area contributed by atoms with Crippen LogP contribution >= 0.6 is 11.6 Å². The summed E-state index contributed by atoms with van der Waals surface area (Å²) in [6.45, 7) is 7.01. The van der Waals surface area contributed by atoms with Gasteiger partial charge in [0.05, 0.1) is 12.7 Å². The Bertz CT molecular complexity index is 548. The fraction of sp³-hybridized carbons (Fsp3) is 0.438. The molecule has 0 radical (unpaired) electrons. The van der Waals surface area contributed by atoms with Gasteiger partial charge in [-0.1, -0.05) is 43.6 Å². The van der Waals surface area contributed by atoms with Gasteiger partial charge in [0.25, 0.3) is 0 Å². The highest BCUT2D eigenvalue weighted by Crippen LogP contribution is 2.18. The van der Waals surface area contributed by atoms with Crippen molar-refractivity contribution in [3.05, 3.63) is 52.3 Å². The molecule has 4 heteroatoms. The van der Waals surface area contributed by atoms with Crippen LogP contribution in [0.2, 0.25) is 5.02 Å². The minimum absolute atomic E-state index is 0.733. The second kappa shape index (κ2) is 7.46. The summed E-state index contributed by atoms with van der Waals surface area (Å²) in [7, 11) is 0. The van der Waals surface area contributed by atoms with Crippen molar-refractivity contribution in [3.63, 3.8) is 0 Å². The average Bonchev–Trinajstić information content (AvgIpc) is 2.84. The summed E-state index contributed by atoms with van der Waals surface area (Å²) in [6.07, 6.45) is 4.10. The number of nitrogens with one attached hydrogen (secondary N) is 1. The maximum absolute atomic E-state index is 6.23. The number of halogens is 1. The zero-order valence-corrected chi connectivity index (χ0v) is 13.0. The molecule has 0 spiro atoms. The van der Waals surface area contributed by atoms with Crippen molar-refractivity contribution < 1.29 is 0 Å². The van der Waals surface area contributed by atoms with E-state index in [1.54, 1.807) is 0 Å². The minimum atomic E-state index is 0.733. The molecule has 0 unspecified atom stereocenters. The smallest absolute Gasteiger partial charge is 0.0677 e. The number of nitrogens with zero attached hydrogens (tertiary/aromatic N) is 2. The summed E-state index contributed by atoms with van der Waals surface area (Å²) in [5, 5.41) is 8.76. The molecule has 0 saturated heterocycles. The molecule has 0 aliphatic heterocycles. The summed E-state index contributed by atoms with van der Waals surface area (Å²) >= 11 is 6.23. The molecule has 1 N–H and O–H groups in total. The molecule has 0 bridgehead atoms. The molecule has 0 amide bonds. The first-order chi connectivity index (χ1) is 9.76. The molecule has 2 rings (SSSR count). The van der Waals surface area contributed by atoms with Crippen molar-refractivity contribution in [2.24, 2.45) is 0 Å². The van der Waals surface area contributed by atoms with Gasteiger partial charge in [0.1, 0.15) is 0 Å². The summed E-state index contributed by atoms with van der Waals surface area (Å²) in [5.41, 5.74) is 3.68. The lowest BCUT2D eigenvalue weighted by atomic mass is 10.2. The molecule has 1 aromatic heterocycles. The first-order valence-electron chi connectivity index (χ1n) is 7.24. The molecule has 1 aromatic carbocycles. The lowest BCUT2D eigenvalue weighted by Crippen LogP contribution is -2.15. The van der Waals surface area contributed by atoms with Crippen LogP contribution in [0.25, 0.3) is 0 Å². The van der Waals surface area contributed by atoms with E-state index in [0.717, 1.165) is 43.1 Å². The molecular formula is C16H22ClN3. The molecule has 108 valence electrons. The van der Waals surface area contributed by atoms with Gasteiger partial charge in [-0.05, 0) is 31.0 Å². The maximum Gasteiger partial charge on any atom is 0.0677 e. The average molecular weight is 292 g/mol. The second-order valence-electron chi connectivity index (χ2n) is 4.90. The van der Waals surface area contributed by atoms with Crippen molar-refractivity contribution in [2.45, 2.75) is 39.8 Å². The third-order valence-corrected chi connectivity index (χ3v) is 3.76. The summed E-state index contributed by atoms with van der Waals surface area (Å²) in [5.74, 6) is 0. The fourth-order valence-corrected chi connectivity index (χ4v) is 2.53. The molecule has 0 atom stereocenters. The molecule has 2 aromatic rings. The van der Waals surface area contributed by atoms with Crippen LogP contribution in [-0.4, -0.2) is 16.3 Å². The zero-order valence-electron chi connectivity index (χ0n) is 12.2. The van der Waals surface area contributed by atoms with Gasteiger partial charge in [-0.3, -0.25) is 4.68 Å². The molecular weight excluding hydrogens is 270 g/mol. The van der Waals surface area contributed by atoms with E-state index < -0.39 is 0 Å². The van der Waals surface area contributed by atoms with Crippen molar-refractivity contribution in [1.29, 1.82) is 0 Å². The van der Waals surface area contributed by atoms with Crippen molar-refractivity contribution in [3.8, 4) is 0 Å². The molecule has 0 aliphatic carbocycles. The third-order valence-electron chi connectivity index (χ3n) is 3.39. The highest BCUT2D eigenvalue weighted by Gasteiger charge is 2.10. The van der Waals surface area contributed by atoms with Gasteiger partial charge < -0.3 is 5.32 Å². The van der Waals surface area contributed by atoms with Crippen LogP contribution in [0.4, 0.5) is 0 Å². The van der Waals surface area contributed by atoms with Gasteiger partial charge in [-0.25, -0.2) is 0 Å². The predicted octanol–water partition coefficient (Wildman–Crippen LogP) is 3.65. The summed E-state index contributed by atoms with van der Waals surface area (Å²) < 4.78 is 2.06. The largest absolute Gasteiger partial charge is 0.313 e. The monoisotopic (exact) mass is 291 g/mol. The SMILES string of the molecule is CCCNCc1cnn(Cc2ccccc2Cl)c1CC. The molecule has 0 fully saturated rings. The van der Waals surface area contributed by atoms with E-state index in [4.69, 9.17) is 11.6 Å². The number of benzene rings is 1. The normalized spacial score (nSPS) is 10.9. The molecule has 20 heavy (non-hydrogen) atoms. The van der Waals surface area contributed by atoms with Crippen LogP contribution in [-0.2, 0) is 19.5 Å². The Morgan fingerprint density at radius 3 is 2.70 bits per heavy atom. The van der Waals surface area contributed by atoms with Gasteiger partial charge in [-0.2, -0.15) is 5.10 Å². The predicted molar refractivity (Wildman–Crippen MR) is 84.2 cm³/mol. The van der Waals surface area contributed by atoms with Gasteiger partial charge >= 0.3 is 0 Å². The van der Waals surface area contributed by atoms with Crippen LogP contribution in [0, 0.1) is 0 Å². The van der Waals surface area contributed by atoms with Crippen LogP contribution in [0.3, 0.4) is 0 Å². The quantitative estimate of drug-likeness (QED) is 0.789. The Morgan fingerprint density at radius 1 is 1.20 bits per heavy atom. The van der Waals surface area contributed by atoms with Crippen LogP contribution in [0.15, 0.2) is 30.5 Å². The fourth-order valence-electron chi connectivity index (χ4n) is 2.33. The first kappa shape index (κ1) is 15.1. The minimum Gasteiger partial charge on any atom is -0.313 e. The molecule has 0 saturated carbocycles. The standard InChI is InChI=1S/C16H22ClN3/c1-3-9-18-10-14-11-19-20(16(14)4-2)12-13-7-5-6-8-15(13)17/h5-8,11,18H,3-4,9-10,12H2,1-2H3. The highest BCUT2D eigenvalue weighted by molar-refractivity contribution is 6.31.